The third-order valence-electron chi connectivity index (χ3n) is 6.00. The van der Waals surface area contributed by atoms with Crippen molar-refractivity contribution in [2.75, 3.05) is 6.61 Å². The van der Waals surface area contributed by atoms with E-state index in [0.717, 1.165) is 5.56 Å². The third-order valence-corrected chi connectivity index (χ3v) is 10.5. The number of hydrogen-bond acceptors (Lipinski definition) is 5. The molecule has 4 atom stereocenters. The normalized spacial score (nSPS) is 32.5. The van der Waals surface area contributed by atoms with Crippen LogP contribution in [0.25, 0.3) is 0 Å². The number of benzene rings is 1. The van der Waals surface area contributed by atoms with Crippen molar-refractivity contribution in [2.45, 2.75) is 96.2 Å². The average molecular weight is 409 g/mol. The predicted molar refractivity (Wildman–Crippen MR) is 111 cm³/mol. The highest BCUT2D eigenvalue weighted by atomic mass is 28.4. The molecule has 0 spiro atoms. The van der Waals surface area contributed by atoms with E-state index in [4.69, 9.17) is 23.4 Å². The second-order valence-corrected chi connectivity index (χ2v) is 14.8. The second-order valence-electron chi connectivity index (χ2n) is 10.1. The van der Waals surface area contributed by atoms with Crippen LogP contribution in [-0.2, 0) is 30.0 Å². The van der Waals surface area contributed by atoms with Crippen molar-refractivity contribution in [3.63, 3.8) is 0 Å². The molecule has 0 radical (unpaired) electrons. The Morgan fingerprint density at radius 1 is 1.00 bits per heavy atom. The van der Waals surface area contributed by atoms with Gasteiger partial charge in [0.05, 0.1) is 13.2 Å². The lowest BCUT2D eigenvalue weighted by Gasteiger charge is -2.38. The van der Waals surface area contributed by atoms with Crippen LogP contribution < -0.4 is 0 Å². The summed E-state index contributed by atoms with van der Waals surface area (Å²) in [6, 6.07) is 10.1. The summed E-state index contributed by atoms with van der Waals surface area (Å²) in [7, 11) is -1.95. The molecule has 0 aromatic heterocycles. The van der Waals surface area contributed by atoms with E-state index in [1.54, 1.807) is 0 Å². The van der Waals surface area contributed by atoms with Gasteiger partial charge in [0.25, 0.3) is 0 Å². The molecule has 2 aliphatic rings. The molecule has 2 saturated heterocycles. The van der Waals surface area contributed by atoms with Gasteiger partial charge in [-0.05, 0) is 44.5 Å². The Kier molecular flexibility index (Phi) is 5.87. The predicted octanol–water partition coefficient (Wildman–Crippen LogP) is 4.86. The maximum Gasteiger partial charge on any atom is 0.195 e. The molecule has 2 heterocycles. The van der Waals surface area contributed by atoms with E-state index < -0.39 is 19.9 Å². The molecule has 3 rings (SSSR count). The summed E-state index contributed by atoms with van der Waals surface area (Å²) in [4.78, 5) is 0. The summed E-state index contributed by atoms with van der Waals surface area (Å²) in [6.45, 7) is 18.1. The van der Waals surface area contributed by atoms with Crippen LogP contribution in [-0.4, -0.2) is 44.8 Å². The highest BCUT2D eigenvalue weighted by Gasteiger charge is 2.65. The van der Waals surface area contributed by atoms with E-state index in [1.165, 1.54) is 0 Å². The molecule has 0 saturated carbocycles. The van der Waals surface area contributed by atoms with Crippen LogP contribution in [0.1, 0.15) is 47.1 Å². The molecule has 0 amide bonds. The average Bonchev–Trinajstić information content (AvgIpc) is 3.10. The fourth-order valence-electron chi connectivity index (χ4n) is 3.44. The van der Waals surface area contributed by atoms with Gasteiger partial charge >= 0.3 is 0 Å². The Morgan fingerprint density at radius 3 is 2.25 bits per heavy atom. The quantitative estimate of drug-likeness (QED) is 0.476. The van der Waals surface area contributed by atoms with Gasteiger partial charge in [-0.1, -0.05) is 51.1 Å². The van der Waals surface area contributed by atoms with Crippen LogP contribution in [0.3, 0.4) is 0 Å². The molecule has 0 unspecified atom stereocenters. The van der Waals surface area contributed by atoms with Crippen molar-refractivity contribution in [3.8, 4) is 0 Å². The van der Waals surface area contributed by atoms with Gasteiger partial charge in [0, 0.05) is 0 Å². The lowest BCUT2D eigenvalue weighted by Crippen LogP contribution is -2.46. The second kappa shape index (κ2) is 7.49. The molecule has 0 aliphatic carbocycles. The zero-order valence-corrected chi connectivity index (χ0v) is 19.6. The molecular formula is C22H36O5Si. The van der Waals surface area contributed by atoms with Gasteiger partial charge in [0.1, 0.15) is 18.3 Å². The zero-order chi connectivity index (χ0) is 20.8. The number of hydrogen-bond donors (Lipinski definition) is 0. The van der Waals surface area contributed by atoms with Gasteiger partial charge in [-0.3, -0.25) is 0 Å². The van der Waals surface area contributed by atoms with E-state index >= 15 is 0 Å². The van der Waals surface area contributed by atoms with Crippen LogP contribution in [0.2, 0.25) is 18.1 Å². The first kappa shape index (κ1) is 21.9. The van der Waals surface area contributed by atoms with Gasteiger partial charge in [-0.2, -0.15) is 0 Å². The van der Waals surface area contributed by atoms with Gasteiger partial charge in [-0.25, -0.2) is 0 Å². The van der Waals surface area contributed by atoms with E-state index in [0.29, 0.717) is 13.2 Å². The third kappa shape index (κ3) is 4.86. The Morgan fingerprint density at radius 2 is 1.64 bits per heavy atom. The lowest BCUT2D eigenvalue weighted by molar-refractivity contribution is -0.152. The van der Waals surface area contributed by atoms with Crippen molar-refractivity contribution in [2.24, 2.45) is 0 Å². The van der Waals surface area contributed by atoms with Crippen molar-refractivity contribution in [3.05, 3.63) is 35.9 Å². The summed E-state index contributed by atoms with van der Waals surface area (Å²) in [6.07, 6.45) is -0.539. The highest BCUT2D eigenvalue weighted by Crippen LogP contribution is 2.50. The van der Waals surface area contributed by atoms with Crippen LogP contribution in [0.5, 0.6) is 0 Å². The largest absolute Gasteiger partial charge is 0.388 e. The molecule has 0 bridgehead atoms. The SMILES string of the molecule is CC1(C)O[C@@H]([C@@H]2O[C@@]2(C)O[Si](C)(C)C(C)(C)C)[C@H](COCc2ccccc2)O1. The summed E-state index contributed by atoms with van der Waals surface area (Å²) in [5.74, 6) is -1.27. The van der Waals surface area contributed by atoms with Crippen molar-refractivity contribution in [1.82, 2.24) is 0 Å². The minimum Gasteiger partial charge on any atom is -0.388 e. The molecule has 28 heavy (non-hydrogen) atoms. The molecule has 2 aliphatic heterocycles. The molecule has 158 valence electrons. The number of rotatable bonds is 7. The fraction of sp³-hybridized carbons (Fsp3) is 0.727. The molecule has 1 aromatic rings. The van der Waals surface area contributed by atoms with Gasteiger partial charge < -0.3 is 23.4 Å². The maximum atomic E-state index is 6.56. The van der Waals surface area contributed by atoms with Crippen molar-refractivity contribution >= 4 is 8.32 Å². The molecule has 1 aromatic carbocycles. The summed E-state index contributed by atoms with van der Waals surface area (Å²) in [5, 5.41) is 0.122. The van der Waals surface area contributed by atoms with Crippen LogP contribution in [0.15, 0.2) is 30.3 Å². The number of epoxide rings is 1. The van der Waals surface area contributed by atoms with Crippen LogP contribution in [0, 0.1) is 0 Å². The van der Waals surface area contributed by atoms with Crippen LogP contribution in [0.4, 0.5) is 0 Å². The zero-order valence-electron chi connectivity index (χ0n) is 18.6. The monoisotopic (exact) mass is 408 g/mol. The fourth-order valence-corrected chi connectivity index (χ4v) is 4.92. The topological polar surface area (TPSA) is 49.5 Å². The first-order valence-electron chi connectivity index (χ1n) is 10.2. The summed E-state index contributed by atoms with van der Waals surface area (Å²) < 4.78 is 30.9. The Bertz CT molecular complexity index is 669. The van der Waals surface area contributed by atoms with Crippen LogP contribution >= 0.6 is 0 Å². The van der Waals surface area contributed by atoms with Gasteiger partial charge in [0.15, 0.2) is 19.9 Å². The van der Waals surface area contributed by atoms with E-state index in [9.17, 15) is 0 Å². The van der Waals surface area contributed by atoms with Gasteiger partial charge in [-0.15, -0.1) is 0 Å². The van der Waals surface area contributed by atoms with Crippen molar-refractivity contribution < 1.29 is 23.4 Å². The standard InChI is InChI=1S/C22H36O5Si/c1-20(2,3)28(7,8)27-22(6)19(26-22)18-17(24-21(4,5)25-18)15-23-14-16-12-10-9-11-13-16/h9-13,17-19H,14-15H2,1-8H3/t17-,18+,19-,22-/m0/s1. The Hall–Kier alpha value is -0.763. The lowest BCUT2D eigenvalue weighted by atomic mass is 10.1. The Labute approximate surface area is 170 Å². The molecule has 0 N–H and O–H groups in total. The van der Waals surface area contributed by atoms with E-state index in [-0.39, 0.29) is 23.4 Å². The minimum absolute atomic E-state index is 0.122. The smallest absolute Gasteiger partial charge is 0.195 e. The highest BCUT2D eigenvalue weighted by molar-refractivity contribution is 6.74. The first-order valence-corrected chi connectivity index (χ1v) is 13.1. The van der Waals surface area contributed by atoms with Crippen molar-refractivity contribution in [1.29, 1.82) is 0 Å². The molecule has 2 fully saturated rings. The van der Waals surface area contributed by atoms with Gasteiger partial charge in [0.2, 0.25) is 0 Å². The molecule has 6 heteroatoms. The molecule has 5 nitrogen and oxygen atoms in total. The molecular weight excluding hydrogens is 372 g/mol. The summed E-state index contributed by atoms with van der Waals surface area (Å²) in [5.41, 5.74) is 1.14. The minimum atomic E-state index is -1.95. The summed E-state index contributed by atoms with van der Waals surface area (Å²) >= 11 is 0. The number of ether oxygens (including phenoxy) is 4. The van der Waals surface area contributed by atoms with E-state index in [1.807, 2.05) is 39.0 Å². The van der Waals surface area contributed by atoms with E-state index in [2.05, 4.69) is 46.0 Å². The maximum absolute atomic E-state index is 6.56. The first-order chi connectivity index (χ1) is 12.8. The Balaban J connectivity index is 1.61.